The van der Waals surface area contributed by atoms with E-state index in [4.69, 9.17) is 12.2 Å². The molecule has 0 radical (unpaired) electrons. The highest BCUT2D eigenvalue weighted by Gasteiger charge is 2.09. The Bertz CT molecular complexity index is 1050. The van der Waals surface area contributed by atoms with Gasteiger partial charge < -0.3 is 10.6 Å². The second kappa shape index (κ2) is 10.5. The number of nitrogens with one attached hydrogen (secondary N) is 3. The minimum atomic E-state index is -0.283. The lowest BCUT2D eigenvalue weighted by Crippen LogP contribution is -2.34. The molecular weight excluding hydrogens is 406 g/mol. The number of rotatable bonds is 6. The van der Waals surface area contributed by atoms with Crippen LogP contribution >= 0.6 is 12.2 Å². The molecule has 31 heavy (non-hydrogen) atoms. The Kier molecular flexibility index (Phi) is 7.51. The van der Waals surface area contributed by atoms with E-state index >= 15 is 0 Å². The predicted molar refractivity (Wildman–Crippen MR) is 130 cm³/mol. The molecule has 2 amide bonds. The summed E-state index contributed by atoms with van der Waals surface area (Å²) in [6, 6.07) is 24.5. The zero-order valence-corrected chi connectivity index (χ0v) is 18.3. The minimum absolute atomic E-state index is 0.0169. The van der Waals surface area contributed by atoms with Crippen molar-refractivity contribution in [2.75, 3.05) is 10.6 Å². The zero-order valence-electron chi connectivity index (χ0n) is 17.5. The third-order valence-electron chi connectivity index (χ3n) is 4.50. The van der Waals surface area contributed by atoms with E-state index in [9.17, 15) is 9.59 Å². The van der Waals surface area contributed by atoms with Crippen LogP contribution < -0.4 is 16.0 Å². The van der Waals surface area contributed by atoms with Crippen molar-refractivity contribution in [2.45, 2.75) is 20.3 Å². The molecule has 0 bridgehead atoms. The maximum Gasteiger partial charge on any atom is 0.257 e. The average Bonchev–Trinajstić information content (AvgIpc) is 2.75. The summed E-state index contributed by atoms with van der Waals surface area (Å²) in [5.41, 5.74) is 4.08. The maximum atomic E-state index is 12.5. The summed E-state index contributed by atoms with van der Waals surface area (Å²) >= 11 is 5.25. The van der Waals surface area contributed by atoms with Crippen molar-refractivity contribution in [1.29, 1.82) is 0 Å². The Balaban J connectivity index is 1.53. The highest BCUT2D eigenvalue weighted by molar-refractivity contribution is 7.80. The molecule has 0 fully saturated rings. The topological polar surface area (TPSA) is 70.2 Å². The van der Waals surface area contributed by atoms with Crippen LogP contribution in [0.2, 0.25) is 0 Å². The lowest BCUT2D eigenvalue weighted by molar-refractivity contribution is -0.116. The number of thiocarbonyl (C=S) groups is 1. The number of carbonyl (C=O) groups is 2. The summed E-state index contributed by atoms with van der Waals surface area (Å²) < 4.78 is 0. The van der Waals surface area contributed by atoms with E-state index in [1.807, 2.05) is 56.3 Å². The van der Waals surface area contributed by atoms with Gasteiger partial charge in [0.05, 0.1) is 0 Å². The van der Waals surface area contributed by atoms with E-state index in [0.717, 1.165) is 11.1 Å². The molecule has 158 valence electrons. The monoisotopic (exact) mass is 431 g/mol. The molecule has 0 saturated heterocycles. The Morgan fingerprint density at radius 1 is 0.774 bits per heavy atom. The Hall–Kier alpha value is -3.51. The SMILES string of the molecule is CC(C)CC(=O)Nc1ccc(NC(=S)NC(=O)c2ccc(-c3ccccc3)cc2)cc1. The van der Waals surface area contributed by atoms with Gasteiger partial charge in [0.1, 0.15) is 0 Å². The van der Waals surface area contributed by atoms with Gasteiger partial charge in [-0.1, -0.05) is 56.3 Å². The summed E-state index contributed by atoms with van der Waals surface area (Å²) in [5, 5.41) is 8.72. The van der Waals surface area contributed by atoms with Gasteiger partial charge in [-0.05, 0) is 65.7 Å². The van der Waals surface area contributed by atoms with Gasteiger partial charge in [0.15, 0.2) is 5.11 Å². The van der Waals surface area contributed by atoms with Crippen molar-refractivity contribution < 1.29 is 9.59 Å². The van der Waals surface area contributed by atoms with Crippen LogP contribution in [0.5, 0.6) is 0 Å². The van der Waals surface area contributed by atoms with Crippen molar-refractivity contribution in [2.24, 2.45) is 5.92 Å². The number of hydrogen-bond donors (Lipinski definition) is 3. The van der Waals surface area contributed by atoms with Crippen LogP contribution in [0.1, 0.15) is 30.6 Å². The third kappa shape index (κ3) is 6.76. The van der Waals surface area contributed by atoms with Gasteiger partial charge in [0, 0.05) is 23.4 Å². The van der Waals surface area contributed by atoms with E-state index in [1.165, 1.54) is 0 Å². The lowest BCUT2D eigenvalue weighted by Gasteiger charge is -2.11. The van der Waals surface area contributed by atoms with Crippen LogP contribution in [0.3, 0.4) is 0 Å². The molecule has 5 nitrogen and oxygen atoms in total. The normalized spacial score (nSPS) is 10.4. The molecule has 3 aromatic rings. The van der Waals surface area contributed by atoms with Crippen LogP contribution in [0.4, 0.5) is 11.4 Å². The summed E-state index contributed by atoms with van der Waals surface area (Å²) in [5.74, 6) is 0.00271. The standard InChI is InChI=1S/C25H25N3O2S/c1-17(2)16-23(29)26-21-12-14-22(15-13-21)27-25(31)28-24(30)20-10-8-19(9-11-20)18-6-4-3-5-7-18/h3-15,17H,16H2,1-2H3,(H,26,29)(H2,27,28,30,31). The second-order valence-electron chi connectivity index (χ2n) is 7.58. The quantitative estimate of drug-likeness (QED) is 0.453. The van der Waals surface area contributed by atoms with Gasteiger partial charge in [-0.3, -0.25) is 14.9 Å². The molecule has 0 saturated carbocycles. The molecule has 0 aliphatic rings. The molecule has 0 aliphatic heterocycles. The van der Waals surface area contributed by atoms with E-state index in [1.54, 1.807) is 36.4 Å². The number of carbonyl (C=O) groups excluding carboxylic acids is 2. The second-order valence-corrected chi connectivity index (χ2v) is 7.98. The van der Waals surface area contributed by atoms with Gasteiger partial charge in [-0.15, -0.1) is 0 Å². The van der Waals surface area contributed by atoms with Crippen molar-refractivity contribution in [3.8, 4) is 11.1 Å². The first-order chi connectivity index (χ1) is 14.9. The number of hydrogen-bond acceptors (Lipinski definition) is 3. The fourth-order valence-electron chi connectivity index (χ4n) is 3.00. The molecule has 3 rings (SSSR count). The van der Waals surface area contributed by atoms with Crippen LogP contribution in [0, 0.1) is 5.92 Å². The molecule has 0 spiro atoms. The van der Waals surface area contributed by atoms with E-state index < -0.39 is 0 Å². The van der Waals surface area contributed by atoms with Crippen molar-refractivity contribution >= 4 is 40.5 Å². The highest BCUT2D eigenvalue weighted by atomic mass is 32.1. The van der Waals surface area contributed by atoms with Gasteiger partial charge in [0.2, 0.25) is 5.91 Å². The molecule has 0 aromatic heterocycles. The van der Waals surface area contributed by atoms with Gasteiger partial charge >= 0.3 is 0 Å². The number of amides is 2. The molecule has 6 heteroatoms. The minimum Gasteiger partial charge on any atom is -0.332 e. The van der Waals surface area contributed by atoms with Crippen LogP contribution in [0.25, 0.3) is 11.1 Å². The van der Waals surface area contributed by atoms with Crippen molar-refractivity contribution in [1.82, 2.24) is 5.32 Å². The van der Waals surface area contributed by atoms with E-state index in [0.29, 0.717) is 29.3 Å². The van der Waals surface area contributed by atoms with Gasteiger partial charge in [-0.2, -0.15) is 0 Å². The first-order valence-electron chi connectivity index (χ1n) is 10.1. The van der Waals surface area contributed by atoms with E-state index in [-0.39, 0.29) is 16.9 Å². The summed E-state index contributed by atoms with van der Waals surface area (Å²) in [6.45, 7) is 4.00. The first-order valence-corrected chi connectivity index (χ1v) is 10.5. The highest BCUT2D eigenvalue weighted by Crippen LogP contribution is 2.19. The maximum absolute atomic E-state index is 12.5. The molecule has 3 N–H and O–H groups in total. The summed E-state index contributed by atoms with van der Waals surface area (Å²) in [7, 11) is 0. The van der Waals surface area contributed by atoms with E-state index in [2.05, 4.69) is 16.0 Å². The molecule has 3 aromatic carbocycles. The Morgan fingerprint density at radius 3 is 1.90 bits per heavy atom. The molecule has 0 aliphatic carbocycles. The Labute approximate surface area is 187 Å². The van der Waals surface area contributed by atoms with Crippen molar-refractivity contribution in [3.63, 3.8) is 0 Å². The van der Waals surface area contributed by atoms with Gasteiger partial charge in [-0.25, -0.2) is 0 Å². The van der Waals surface area contributed by atoms with Crippen LogP contribution in [0.15, 0.2) is 78.9 Å². The van der Waals surface area contributed by atoms with Crippen LogP contribution in [-0.2, 0) is 4.79 Å². The zero-order chi connectivity index (χ0) is 22.2. The number of benzene rings is 3. The van der Waals surface area contributed by atoms with Crippen LogP contribution in [-0.4, -0.2) is 16.9 Å². The largest absolute Gasteiger partial charge is 0.332 e. The van der Waals surface area contributed by atoms with Gasteiger partial charge in [0.25, 0.3) is 5.91 Å². The fraction of sp³-hybridized carbons (Fsp3) is 0.160. The number of anilines is 2. The predicted octanol–water partition coefficient (Wildman–Crippen LogP) is 5.47. The fourth-order valence-corrected chi connectivity index (χ4v) is 3.21. The molecule has 0 heterocycles. The Morgan fingerprint density at radius 2 is 1.32 bits per heavy atom. The molecule has 0 unspecified atom stereocenters. The molecule has 0 atom stereocenters. The smallest absolute Gasteiger partial charge is 0.257 e. The summed E-state index contributed by atoms with van der Waals surface area (Å²) in [4.78, 5) is 24.3. The first kappa shape index (κ1) is 22.2. The molecular formula is C25H25N3O2S. The lowest BCUT2D eigenvalue weighted by atomic mass is 10.0. The average molecular weight is 432 g/mol. The third-order valence-corrected chi connectivity index (χ3v) is 4.71. The summed E-state index contributed by atoms with van der Waals surface area (Å²) in [6.07, 6.45) is 0.475. The van der Waals surface area contributed by atoms with Crippen molar-refractivity contribution in [3.05, 3.63) is 84.4 Å².